The van der Waals surface area contributed by atoms with Gasteiger partial charge < -0.3 is 0 Å². The van der Waals surface area contributed by atoms with Gasteiger partial charge in [0, 0.05) is 0 Å². The molecule has 0 aromatic heterocycles. The molecule has 67 valence electrons. The molecule has 1 aromatic rings. The average Bonchev–Trinajstić information content (AvgIpc) is 2.04. The summed E-state index contributed by atoms with van der Waals surface area (Å²) in [6.07, 6.45) is 0. The van der Waals surface area contributed by atoms with Gasteiger partial charge in [0.25, 0.3) is 0 Å². The summed E-state index contributed by atoms with van der Waals surface area (Å²) in [5.41, 5.74) is 0.810. The van der Waals surface area contributed by atoms with Gasteiger partial charge in [0.15, 0.2) is 0 Å². The van der Waals surface area contributed by atoms with Crippen molar-refractivity contribution in [2.75, 3.05) is 0 Å². The first-order chi connectivity index (χ1) is 6.18. The molecule has 0 heterocycles. The fraction of sp³-hybridized carbons (Fsp3) is 0.111. The Labute approximate surface area is 85.1 Å². The number of benzene rings is 1. The van der Waals surface area contributed by atoms with Gasteiger partial charge in [0.2, 0.25) is 0 Å². The molecule has 0 atom stereocenters. The van der Waals surface area contributed by atoms with Crippen LogP contribution in [0.2, 0.25) is 0 Å². The zero-order chi connectivity index (χ0) is 9.68. The fourth-order valence-corrected chi connectivity index (χ4v) is 1.32. The second kappa shape index (κ2) is 4.80. The molecule has 13 heavy (non-hydrogen) atoms. The van der Waals surface area contributed by atoms with E-state index in [1.54, 1.807) is 0 Å². The van der Waals surface area contributed by atoms with Gasteiger partial charge in [-0.2, -0.15) is 0 Å². The molecule has 3 nitrogen and oxygen atoms in total. The standard InChI is InChI=1S/C9H9N2OSe/c1-7(12)10-9(13)11-8-5-3-2-4-6-8/h2-6H,1H3,(H,10,11,12). The maximum absolute atomic E-state index is 10.6. The Morgan fingerprint density at radius 1 is 1.38 bits per heavy atom. The van der Waals surface area contributed by atoms with Gasteiger partial charge in [-0.3, -0.25) is 0 Å². The molecule has 0 aliphatic rings. The Bertz CT molecular complexity index is 322. The van der Waals surface area contributed by atoms with E-state index in [1.165, 1.54) is 6.92 Å². The van der Waals surface area contributed by atoms with Crippen LogP contribution in [0.1, 0.15) is 6.92 Å². The second-order valence-electron chi connectivity index (χ2n) is 2.43. The topological polar surface area (TPSA) is 41.5 Å². The molecule has 1 N–H and O–H groups in total. The third kappa shape index (κ3) is 3.87. The molecule has 0 unspecified atom stereocenters. The first-order valence-electron chi connectivity index (χ1n) is 3.77. The zero-order valence-electron chi connectivity index (χ0n) is 7.15. The number of hydrogen-bond acceptors (Lipinski definition) is 2. The number of amidine groups is 1. The molecule has 0 fully saturated rings. The van der Waals surface area contributed by atoms with Gasteiger partial charge in [-0.15, -0.1) is 0 Å². The first kappa shape index (κ1) is 9.96. The van der Waals surface area contributed by atoms with Crippen LogP contribution in [0.4, 0.5) is 5.69 Å². The summed E-state index contributed by atoms with van der Waals surface area (Å²) in [4.78, 5) is 14.8. The van der Waals surface area contributed by atoms with Crippen molar-refractivity contribution >= 4 is 32.3 Å². The summed E-state index contributed by atoms with van der Waals surface area (Å²) in [5, 5.41) is 2.55. The minimum atomic E-state index is -0.131. The quantitative estimate of drug-likeness (QED) is 0.443. The maximum atomic E-state index is 10.6. The molecule has 0 spiro atoms. The number of carbonyl (C=O) groups excluding carboxylic acids is 1. The van der Waals surface area contributed by atoms with Crippen LogP contribution in [0, 0.1) is 0 Å². The van der Waals surface area contributed by atoms with Crippen molar-refractivity contribution in [2.24, 2.45) is 4.99 Å². The van der Waals surface area contributed by atoms with Gasteiger partial charge in [-0.25, -0.2) is 0 Å². The predicted octanol–water partition coefficient (Wildman–Crippen LogP) is 0.979. The Kier molecular flexibility index (Phi) is 3.68. The zero-order valence-corrected chi connectivity index (χ0v) is 8.86. The van der Waals surface area contributed by atoms with Crippen LogP contribution in [-0.4, -0.2) is 26.7 Å². The molecule has 1 amide bonds. The van der Waals surface area contributed by atoms with E-state index < -0.39 is 0 Å². The number of aliphatic imine (C=N–C) groups is 1. The number of nitrogens with zero attached hydrogens (tertiary/aromatic N) is 1. The number of rotatable bonds is 1. The summed E-state index contributed by atoms with van der Waals surface area (Å²) < 4.78 is 0.485. The van der Waals surface area contributed by atoms with Gasteiger partial charge in [-0.1, -0.05) is 0 Å². The Morgan fingerprint density at radius 2 is 2.00 bits per heavy atom. The summed E-state index contributed by atoms with van der Waals surface area (Å²) in [6.45, 7) is 1.44. The van der Waals surface area contributed by atoms with Crippen molar-refractivity contribution in [2.45, 2.75) is 6.92 Å². The molecule has 0 aliphatic heterocycles. The minimum absolute atomic E-state index is 0.131. The van der Waals surface area contributed by atoms with Gasteiger partial charge in [0.05, 0.1) is 0 Å². The summed E-state index contributed by atoms with van der Waals surface area (Å²) in [7, 11) is 0. The van der Waals surface area contributed by atoms with Crippen molar-refractivity contribution in [1.29, 1.82) is 0 Å². The SMILES string of the molecule is CC(=O)NC([Se])=Nc1ccccc1. The third-order valence-corrected chi connectivity index (χ3v) is 1.68. The van der Waals surface area contributed by atoms with Crippen molar-refractivity contribution < 1.29 is 4.79 Å². The molecule has 1 radical (unpaired) electrons. The van der Waals surface area contributed by atoms with E-state index in [0.717, 1.165) is 5.69 Å². The van der Waals surface area contributed by atoms with Crippen LogP contribution in [0.25, 0.3) is 0 Å². The number of hydrogen-bond donors (Lipinski definition) is 1. The van der Waals surface area contributed by atoms with Crippen LogP contribution in [0.5, 0.6) is 0 Å². The molecule has 0 saturated heterocycles. The number of carbonyl (C=O) groups is 1. The molecular weight excluding hydrogens is 231 g/mol. The monoisotopic (exact) mass is 241 g/mol. The normalized spacial score (nSPS) is 11.0. The summed E-state index contributed by atoms with van der Waals surface area (Å²) in [5.74, 6) is -0.131. The fourth-order valence-electron chi connectivity index (χ4n) is 0.798. The van der Waals surface area contributed by atoms with E-state index in [0.29, 0.717) is 4.73 Å². The number of amides is 1. The average molecular weight is 240 g/mol. The molecular formula is C9H9N2OSe. The van der Waals surface area contributed by atoms with Crippen LogP contribution in [0.3, 0.4) is 0 Å². The van der Waals surface area contributed by atoms with Crippen molar-refractivity contribution in [1.82, 2.24) is 5.32 Å². The Morgan fingerprint density at radius 3 is 2.54 bits per heavy atom. The molecule has 1 aromatic carbocycles. The van der Waals surface area contributed by atoms with E-state index in [4.69, 9.17) is 0 Å². The van der Waals surface area contributed by atoms with Crippen LogP contribution in [-0.2, 0) is 4.79 Å². The number of para-hydroxylation sites is 1. The first-order valence-corrected chi connectivity index (χ1v) is 4.62. The summed E-state index contributed by atoms with van der Waals surface area (Å²) in [6, 6.07) is 9.41. The van der Waals surface area contributed by atoms with E-state index in [2.05, 4.69) is 26.3 Å². The van der Waals surface area contributed by atoms with Gasteiger partial charge in [-0.05, 0) is 0 Å². The molecule has 0 aliphatic carbocycles. The van der Waals surface area contributed by atoms with E-state index >= 15 is 0 Å². The van der Waals surface area contributed by atoms with Gasteiger partial charge in [0.1, 0.15) is 0 Å². The second-order valence-corrected chi connectivity index (χ2v) is 3.25. The van der Waals surface area contributed by atoms with Crippen LogP contribution >= 0.6 is 0 Å². The van der Waals surface area contributed by atoms with Crippen LogP contribution in [0.15, 0.2) is 35.3 Å². The Balaban J connectivity index is 2.71. The molecule has 0 bridgehead atoms. The van der Waals surface area contributed by atoms with Crippen LogP contribution < -0.4 is 5.32 Å². The molecule has 4 heteroatoms. The van der Waals surface area contributed by atoms with Crippen molar-refractivity contribution in [3.8, 4) is 0 Å². The van der Waals surface area contributed by atoms with Crippen molar-refractivity contribution in [3.63, 3.8) is 0 Å². The third-order valence-electron chi connectivity index (χ3n) is 1.27. The molecule has 0 saturated carbocycles. The van der Waals surface area contributed by atoms with Gasteiger partial charge >= 0.3 is 84.7 Å². The van der Waals surface area contributed by atoms with Crippen molar-refractivity contribution in [3.05, 3.63) is 30.3 Å². The predicted molar refractivity (Wildman–Crippen MR) is 53.1 cm³/mol. The van der Waals surface area contributed by atoms with E-state index in [1.807, 2.05) is 30.3 Å². The Hall–Kier alpha value is -1.12. The number of nitrogens with one attached hydrogen (secondary N) is 1. The van der Waals surface area contributed by atoms with E-state index in [9.17, 15) is 4.79 Å². The van der Waals surface area contributed by atoms with E-state index in [-0.39, 0.29) is 5.91 Å². The molecule has 1 rings (SSSR count). The summed E-state index contributed by atoms with van der Waals surface area (Å²) >= 11 is 2.67.